The summed E-state index contributed by atoms with van der Waals surface area (Å²) < 4.78 is 47.3. The van der Waals surface area contributed by atoms with Crippen molar-refractivity contribution >= 4 is 33.0 Å². The lowest BCUT2D eigenvalue weighted by Gasteiger charge is -2.33. The first-order valence-corrected chi connectivity index (χ1v) is 15.8. The highest BCUT2D eigenvalue weighted by atomic mass is 32.2. The van der Waals surface area contributed by atoms with Crippen LogP contribution in [0.4, 0.5) is 21.5 Å². The van der Waals surface area contributed by atoms with E-state index >= 15 is 4.39 Å². The summed E-state index contributed by atoms with van der Waals surface area (Å²) >= 11 is 0. The molecule has 4 aromatic rings. The highest BCUT2D eigenvalue weighted by Crippen LogP contribution is 2.30. The second-order valence-electron chi connectivity index (χ2n) is 11.0. The molecule has 1 fully saturated rings. The maximum absolute atomic E-state index is 15.1. The van der Waals surface area contributed by atoms with Gasteiger partial charge in [0.1, 0.15) is 11.5 Å². The molecule has 0 atom stereocenters. The van der Waals surface area contributed by atoms with E-state index in [1.54, 1.807) is 62.0 Å². The molecule has 0 radical (unpaired) electrons. The molecule has 1 amide bonds. The zero-order valence-electron chi connectivity index (χ0n) is 24.7. The smallest absolute Gasteiger partial charge is 0.296 e. The van der Waals surface area contributed by atoms with Gasteiger partial charge in [0, 0.05) is 31.4 Å². The van der Waals surface area contributed by atoms with E-state index in [1.165, 1.54) is 35.4 Å². The van der Waals surface area contributed by atoms with Crippen molar-refractivity contribution in [2.75, 3.05) is 22.0 Å². The molecule has 1 aliphatic rings. The quantitative estimate of drug-likeness (QED) is 0.266. The lowest BCUT2D eigenvalue weighted by molar-refractivity contribution is 0.102. The average Bonchev–Trinajstić information content (AvgIpc) is 3.20. The van der Waals surface area contributed by atoms with E-state index in [-0.39, 0.29) is 27.9 Å². The van der Waals surface area contributed by atoms with Gasteiger partial charge in [-0.2, -0.15) is 0 Å². The van der Waals surface area contributed by atoms with Gasteiger partial charge in [-0.05, 0) is 74.7 Å². The molecule has 1 saturated carbocycles. The number of aromatic nitrogens is 2. The molecule has 5 rings (SSSR count). The van der Waals surface area contributed by atoms with Gasteiger partial charge in [0.2, 0.25) is 0 Å². The molecule has 43 heavy (non-hydrogen) atoms. The van der Waals surface area contributed by atoms with E-state index in [9.17, 15) is 18.0 Å². The molecule has 2 N–H and O–H groups in total. The number of amides is 1. The van der Waals surface area contributed by atoms with Crippen LogP contribution in [-0.2, 0) is 17.1 Å². The summed E-state index contributed by atoms with van der Waals surface area (Å²) in [7, 11) is -0.686. The van der Waals surface area contributed by atoms with Gasteiger partial charge in [-0.25, -0.2) is 17.5 Å². The Balaban J connectivity index is 1.37. The number of hydrogen-bond acceptors (Lipinski definition) is 5. The number of nitrogens with zero attached hydrogens (tertiary/aromatic N) is 3. The van der Waals surface area contributed by atoms with Crippen LogP contribution in [0.5, 0.6) is 0 Å². The first kappa shape index (κ1) is 30.1. The molecule has 226 valence electrons. The van der Waals surface area contributed by atoms with Crippen molar-refractivity contribution in [2.45, 2.75) is 56.9 Å². The lowest BCUT2D eigenvalue weighted by Crippen LogP contribution is -2.33. The van der Waals surface area contributed by atoms with Crippen LogP contribution in [0, 0.1) is 19.7 Å². The number of nitrogens with one attached hydrogen (secondary N) is 2. The predicted octanol–water partition coefficient (Wildman–Crippen LogP) is 5.75. The van der Waals surface area contributed by atoms with Crippen LogP contribution in [-0.4, -0.2) is 36.8 Å². The topological polar surface area (TPSA) is 105 Å². The number of benzene rings is 3. The summed E-state index contributed by atoms with van der Waals surface area (Å²) in [5, 5.41) is 2.69. The maximum Gasteiger partial charge on any atom is 0.296 e. The summed E-state index contributed by atoms with van der Waals surface area (Å²) in [6, 6.07) is 17.9. The standard InChI is InChI=1S/C32H36FN5O4S/c1-21-15-17-26(43(41,42)35-30-22(2)37(4)38(32(30)40)25-13-9-6-10-14-25)20-27(21)31(39)34-23-16-18-29(28(33)19-23)36(3)24-11-7-5-8-12-24/h6,9-10,13-20,24,35H,5,7-8,11-12H2,1-4H3,(H,34,39). The van der Waals surface area contributed by atoms with Crippen molar-refractivity contribution in [1.29, 1.82) is 0 Å². The number of sulfonamides is 1. The van der Waals surface area contributed by atoms with Gasteiger partial charge in [-0.3, -0.25) is 19.0 Å². The molecule has 1 aromatic heterocycles. The molecule has 0 unspecified atom stereocenters. The number of halogens is 1. The van der Waals surface area contributed by atoms with Crippen molar-refractivity contribution in [1.82, 2.24) is 9.36 Å². The Morgan fingerprint density at radius 3 is 2.35 bits per heavy atom. The fourth-order valence-electron chi connectivity index (χ4n) is 5.63. The highest BCUT2D eigenvalue weighted by Gasteiger charge is 2.25. The number of carbonyl (C=O) groups excluding carboxylic acids is 1. The fraction of sp³-hybridized carbons (Fsp3) is 0.312. The van der Waals surface area contributed by atoms with E-state index in [4.69, 9.17) is 0 Å². The van der Waals surface area contributed by atoms with Crippen LogP contribution in [0.3, 0.4) is 0 Å². The molecular formula is C32H36FN5O4S. The molecule has 0 aliphatic heterocycles. The van der Waals surface area contributed by atoms with E-state index in [0.29, 0.717) is 22.6 Å². The van der Waals surface area contributed by atoms with E-state index in [0.717, 1.165) is 25.7 Å². The Bertz CT molecular complexity index is 1830. The zero-order valence-corrected chi connectivity index (χ0v) is 25.5. The van der Waals surface area contributed by atoms with Crippen LogP contribution in [0.25, 0.3) is 5.69 Å². The van der Waals surface area contributed by atoms with Crippen molar-refractivity contribution in [3.8, 4) is 5.69 Å². The monoisotopic (exact) mass is 605 g/mol. The molecule has 1 heterocycles. The van der Waals surface area contributed by atoms with Crippen molar-refractivity contribution in [3.63, 3.8) is 0 Å². The van der Waals surface area contributed by atoms with Gasteiger partial charge in [0.25, 0.3) is 21.5 Å². The molecule has 0 saturated heterocycles. The number of para-hydroxylation sites is 1. The van der Waals surface area contributed by atoms with Crippen LogP contribution in [0.15, 0.2) is 76.4 Å². The highest BCUT2D eigenvalue weighted by molar-refractivity contribution is 7.92. The second kappa shape index (κ2) is 12.1. The van der Waals surface area contributed by atoms with Gasteiger partial charge in [-0.1, -0.05) is 43.5 Å². The summed E-state index contributed by atoms with van der Waals surface area (Å²) in [5.41, 5.74) is 1.76. The lowest BCUT2D eigenvalue weighted by atomic mass is 9.94. The third-order valence-electron chi connectivity index (χ3n) is 8.26. The molecule has 0 spiro atoms. The SMILES string of the molecule is Cc1ccc(S(=O)(=O)Nc2c(C)n(C)n(-c3ccccc3)c2=O)cc1C(=O)Nc1ccc(N(C)C2CCCCC2)c(F)c1. The normalized spacial score (nSPS) is 14.0. The van der Waals surface area contributed by atoms with Crippen LogP contribution in [0.1, 0.15) is 53.7 Å². The van der Waals surface area contributed by atoms with Crippen LogP contribution in [0.2, 0.25) is 0 Å². The Hall–Kier alpha value is -4.38. The minimum absolute atomic E-state index is 0.0910. The zero-order chi connectivity index (χ0) is 30.9. The third-order valence-corrected chi connectivity index (χ3v) is 9.61. The minimum Gasteiger partial charge on any atom is -0.369 e. The summed E-state index contributed by atoms with van der Waals surface area (Å²) in [6.45, 7) is 3.32. The molecule has 3 aromatic carbocycles. The Kier molecular flexibility index (Phi) is 8.45. The van der Waals surface area contributed by atoms with E-state index in [2.05, 4.69) is 10.0 Å². The molecule has 1 aliphatic carbocycles. The van der Waals surface area contributed by atoms with Gasteiger partial charge in [0.15, 0.2) is 0 Å². The summed E-state index contributed by atoms with van der Waals surface area (Å²) in [6.07, 6.45) is 5.51. The number of anilines is 3. The van der Waals surface area contributed by atoms with E-state index in [1.807, 2.05) is 18.0 Å². The summed E-state index contributed by atoms with van der Waals surface area (Å²) in [4.78, 5) is 28.3. The summed E-state index contributed by atoms with van der Waals surface area (Å²) in [5.74, 6) is -1.02. The third kappa shape index (κ3) is 6.08. The molecule has 11 heteroatoms. The maximum atomic E-state index is 15.1. The van der Waals surface area contributed by atoms with Crippen molar-refractivity contribution in [2.24, 2.45) is 7.05 Å². The van der Waals surface area contributed by atoms with Crippen molar-refractivity contribution in [3.05, 3.63) is 99.7 Å². The van der Waals surface area contributed by atoms with Crippen LogP contribution < -0.4 is 20.5 Å². The number of aryl methyl sites for hydroxylation is 1. The fourth-order valence-corrected chi connectivity index (χ4v) is 6.77. The Morgan fingerprint density at radius 1 is 0.977 bits per heavy atom. The first-order chi connectivity index (χ1) is 20.5. The minimum atomic E-state index is -4.24. The molecule has 0 bridgehead atoms. The van der Waals surface area contributed by atoms with Gasteiger partial charge in [-0.15, -0.1) is 0 Å². The number of rotatable bonds is 8. The van der Waals surface area contributed by atoms with Gasteiger partial charge in [0.05, 0.1) is 22.0 Å². The van der Waals surface area contributed by atoms with E-state index < -0.39 is 27.3 Å². The number of hydrogen-bond donors (Lipinski definition) is 2. The first-order valence-electron chi connectivity index (χ1n) is 14.3. The Labute approximate surface area is 251 Å². The van der Waals surface area contributed by atoms with Crippen molar-refractivity contribution < 1.29 is 17.6 Å². The van der Waals surface area contributed by atoms with Gasteiger partial charge < -0.3 is 10.2 Å². The van der Waals surface area contributed by atoms with Crippen LogP contribution >= 0.6 is 0 Å². The largest absolute Gasteiger partial charge is 0.369 e. The van der Waals surface area contributed by atoms with Gasteiger partial charge >= 0.3 is 0 Å². The number of carbonyl (C=O) groups is 1. The molecular weight excluding hydrogens is 569 g/mol. The molecule has 9 nitrogen and oxygen atoms in total. The second-order valence-corrected chi connectivity index (χ2v) is 12.7. The predicted molar refractivity (Wildman–Crippen MR) is 167 cm³/mol. The average molecular weight is 606 g/mol. The Morgan fingerprint density at radius 2 is 1.67 bits per heavy atom.